The molecule has 0 amide bonds. The van der Waals surface area contributed by atoms with Gasteiger partial charge in [0.25, 0.3) is 11.3 Å². The number of hydrogen-bond acceptors (Lipinski definition) is 7. The molecule has 2 aromatic heterocycles. The molecule has 24 heavy (non-hydrogen) atoms. The molecule has 9 heteroatoms. The van der Waals surface area contributed by atoms with Crippen molar-refractivity contribution in [2.75, 3.05) is 20.0 Å². The average Bonchev–Trinajstić information content (AvgIpc) is 3.03. The number of fused-ring (bicyclic) bond motifs is 1. The van der Waals surface area contributed by atoms with Gasteiger partial charge in [0, 0.05) is 11.6 Å². The summed E-state index contributed by atoms with van der Waals surface area (Å²) in [6, 6.07) is 8.64. The van der Waals surface area contributed by atoms with Crippen LogP contribution >= 0.6 is 11.8 Å². The molecule has 0 aliphatic carbocycles. The molecule has 3 aromatic rings. The Morgan fingerprint density at radius 2 is 2.00 bits per heavy atom. The number of nitrogens with one attached hydrogen (secondary N) is 1. The lowest BCUT2D eigenvalue weighted by molar-refractivity contribution is -0.137. The van der Waals surface area contributed by atoms with E-state index in [0.29, 0.717) is 10.9 Å². The van der Waals surface area contributed by atoms with E-state index in [1.165, 1.54) is 17.7 Å². The quantitative estimate of drug-likeness (QED) is 0.550. The number of carbonyl (C=O) groups excluding carboxylic acids is 1. The molecule has 2 heterocycles. The van der Waals surface area contributed by atoms with Crippen molar-refractivity contribution in [3.8, 4) is 17.0 Å². The first-order chi connectivity index (χ1) is 11.6. The molecule has 0 aliphatic heterocycles. The van der Waals surface area contributed by atoms with Crippen LogP contribution in [0.3, 0.4) is 0 Å². The maximum atomic E-state index is 12.2. The van der Waals surface area contributed by atoms with Gasteiger partial charge in [-0.05, 0) is 24.3 Å². The first-order valence-corrected chi connectivity index (χ1v) is 7.93. The largest absolute Gasteiger partial charge is 0.497 e. The highest BCUT2D eigenvalue weighted by atomic mass is 32.2. The summed E-state index contributed by atoms with van der Waals surface area (Å²) in [6.45, 7) is 0. The van der Waals surface area contributed by atoms with Gasteiger partial charge in [-0.15, -0.1) is 0 Å². The first kappa shape index (κ1) is 16.1. The number of carbonyl (C=O) groups is 1. The summed E-state index contributed by atoms with van der Waals surface area (Å²) < 4.78 is 10.9. The highest BCUT2D eigenvalue weighted by molar-refractivity contribution is 7.99. The number of nitrogens with zero attached hydrogens (tertiary/aromatic N) is 3. The Morgan fingerprint density at radius 1 is 1.25 bits per heavy atom. The topological polar surface area (TPSA) is 98.6 Å². The third kappa shape index (κ3) is 3.25. The maximum absolute atomic E-state index is 12.2. The summed E-state index contributed by atoms with van der Waals surface area (Å²) in [5, 5.41) is 3.22. The second-order valence-electron chi connectivity index (χ2n) is 4.74. The highest BCUT2D eigenvalue weighted by Crippen LogP contribution is 2.20. The number of hydrogen-bond donors (Lipinski definition) is 1. The lowest BCUT2D eigenvalue weighted by Crippen LogP contribution is -2.14. The maximum Gasteiger partial charge on any atom is 0.316 e. The molecule has 0 bridgehead atoms. The van der Waals surface area contributed by atoms with Gasteiger partial charge in [0.2, 0.25) is 0 Å². The Bertz CT molecular complexity index is 933. The van der Waals surface area contributed by atoms with E-state index >= 15 is 0 Å². The lowest BCUT2D eigenvalue weighted by atomic mass is 10.1. The van der Waals surface area contributed by atoms with Crippen LogP contribution in [0, 0.1) is 0 Å². The molecule has 0 aliphatic rings. The normalized spacial score (nSPS) is 10.8. The minimum absolute atomic E-state index is 0.0937. The van der Waals surface area contributed by atoms with Crippen LogP contribution in [-0.4, -0.2) is 45.5 Å². The van der Waals surface area contributed by atoms with Crippen LogP contribution in [0.15, 0.2) is 40.3 Å². The van der Waals surface area contributed by atoms with Crippen LogP contribution in [-0.2, 0) is 9.53 Å². The zero-order valence-corrected chi connectivity index (χ0v) is 13.8. The smallest absolute Gasteiger partial charge is 0.316 e. The molecule has 124 valence electrons. The SMILES string of the molecule is COC(=O)CSc1nc2nc(-c3ccc(OC)cc3)cc(=O)n2[nH]1. The fraction of sp³-hybridized carbons (Fsp3) is 0.200. The van der Waals surface area contributed by atoms with Crippen LogP contribution in [0.2, 0.25) is 0 Å². The van der Waals surface area contributed by atoms with Crippen LogP contribution in [0.25, 0.3) is 17.0 Å². The Morgan fingerprint density at radius 3 is 2.67 bits per heavy atom. The molecule has 0 fully saturated rings. The minimum Gasteiger partial charge on any atom is -0.497 e. The molecule has 0 saturated carbocycles. The molecule has 0 unspecified atom stereocenters. The van der Waals surface area contributed by atoms with Crippen molar-refractivity contribution in [2.24, 2.45) is 0 Å². The van der Waals surface area contributed by atoms with Crippen LogP contribution < -0.4 is 10.3 Å². The number of rotatable bonds is 5. The monoisotopic (exact) mass is 346 g/mol. The Hall–Kier alpha value is -2.81. The van der Waals surface area contributed by atoms with Crippen molar-refractivity contribution in [3.05, 3.63) is 40.7 Å². The second-order valence-corrected chi connectivity index (χ2v) is 5.70. The average molecular weight is 346 g/mol. The van der Waals surface area contributed by atoms with Crippen molar-refractivity contribution in [3.63, 3.8) is 0 Å². The third-order valence-electron chi connectivity index (χ3n) is 3.25. The van der Waals surface area contributed by atoms with Gasteiger partial charge in [-0.2, -0.15) is 9.50 Å². The number of methoxy groups -OCH3 is 2. The molecule has 1 N–H and O–H groups in total. The summed E-state index contributed by atoms with van der Waals surface area (Å²) in [5.74, 6) is 0.675. The van der Waals surface area contributed by atoms with Crippen LogP contribution in [0.5, 0.6) is 5.75 Å². The third-order valence-corrected chi connectivity index (χ3v) is 4.09. The fourth-order valence-corrected chi connectivity index (χ4v) is 2.70. The molecule has 8 nitrogen and oxygen atoms in total. The molecule has 3 rings (SSSR count). The molecule has 1 aromatic carbocycles. The minimum atomic E-state index is -0.375. The number of aromatic amines is 1. The van der Waals surface area contributed by atoms with Gasteiger partial charge in [-0.1, -0.05) is 11.8 Å². The Kier molecular flexibility index (Phi) is 4.52. The summed E-state index contributed by atoms with van der Waals surface area (Å²) in [4.78, 5) is 32.0. The number of esters is 1. The van der Waals surface area contributed by atoms with Gasteiger partial charge >= 0.3 is 5.97 Å². The Balaban J connectivity index is 1.93. The van der Waals surface area contributed by atoms with E-state index in [-0.39, 0.29) is 23.1 Å². The van der Waals surface area contributed by atoms with E-state index in [0.717, 1.165) is 23.1 Å². The lowest BCUT2D eigenvalue weighted by Gasteiger charge is -2.02. The van der Waals surface area contributed by atoms with Gasteiger partial charge in [0.1, 0.15) is 5.75 Å². The van der Waals surface area contributed by atoms with E-state index in [1.807, 2.05) is 12.1 Å². The number of thioether (sulfide) groups is 1. The van der Waals surface area contributed by atoms with Gasteiger partial charge < -0.3 is 9.47 Å². The second kappa shape index (κ2) is 6.75. The van der Waals surface area contributed by atoms with Crippen molar-refractivity contribution >= 4 is 23.5 Å². The van der Waals surface area contributed by atoms with Gasteiger partial charge in [0.15, 0.2) is 5.16 Å². The number of benzene rings is 1. The van der Waals surface area contributed by atoms with Crippen molar-refractivity contribution < 1.29 is 14.3 Å². The fourth-order valence-electron chi connectivity index (χ4n) is 2.02. The molecular weight excluding hydrogens is 332 g/mol. The predicted molar refractivity (Wildman–Crippen MR) is 88.3 cm³/mol. The van der Waals surface area contributed by atoms with Crippen molar-refractivity contribution in [1.29, 1.82) is 0 Å². The molecule has 0 radical (unpaired) electrons. The highest BCUT2D eigenvalue weighted by Gasteiger charge is 2.11. The van der Waals surface area contributed by atoms with Gasteiger partial charge in [-0.25, -0.2) is 4.98 Å². The summed E-state index contributed by atoms with van der Waals surface area (Å²) >= 11 is 1.14. The zero-order chi connectivity index (χ0) is 17.1. The van der Waals surface area contributed by atoms with Crippen LogP contribution in [0.4, 0.5) is 0 Å². The van der Waals surface area contributed by atoms with Crippen LogP contribution in [0.1, 0.15) is 0 Å². The molecular formula is C15H14N4O4S. The zero-order valence-electron chi connectivity index (χ0n) is 13.0. The molecule has 0 atom stereocenters. The first-order valence-electron chi connectivity index (χ1n) is 6.94. The Labute approximate surface area is 140 Å². The van der Waals surface area contributed by atoms with E-state index in [1.54, 1.807) is 19.2 Å². The van der Waals surface area contributed by atoms with Crippen molar-refractivity contribution in [2.45, 2.75) is 5.16 Å². The van der Waals surface area contributed by atoms with E-state index in [9.17, 15) is 9.59 Å². The number of H-pyrrole nitrogens is 1. The predicted octanol–water partition coefficient (Wildman–Crippen LogP) is 1.36. The van der Waals surface area contributed by atoms with E-state index in [4.69, 9.17) is 4.74 Å². The van der Waals surface area contributed by atoms with E-state index in [2.05, 4.69) is 19.8 Å². The summed E-state index contributed by atoms with van der Waals surface area (Å²) in [7, 11) is 2.90. The van der Waals surface area contributed by atoms with Crippen molar-refractivity contribution in [1.82, 2.24) is 19.6 Å². The van der Waals surface area contributed by atoms with Gasteiger partial charge in [-0.3, -0.25) is 14.7 Å². The van der Waals surface area contributed by atoms with E-state index < -0.39 is 0 Å². The summed E-state index contributed by atoms with van der Waals surface area (Å²) in [6.07, 6.45) is 0. The summed E-state index contributed by atoms with van der Waals surface area (Å²) in [5.41, 5.74) is 1.00. The number of aromatic nitrogens is 4. The number of ether oxygens (including phenoxy) is 2. The van der Waals surface area contributed by atoms with Gasteiger partial charge in [0.05, 0.1) is 25.7 Å². The molecule has 0 saturated heterocycles. The molecule has 0 spiro atoms. The standard InChI is InChI=1S/C15H14N4O4S/c1-22-10-5-3-9(4-6-10)11-7-12(20)19-14(16-11)17-15(18-19)24-8-13(21)23-2/h3-7H,8H2,1-2H3,(H,16,17,18).